The van der Waals surface area contributed by atoms with Gasteiger partial charge in [-0.05, 0) is 36.2 Å². The Balaban J connectivity index is 1.84. The van der Waals surface area contributed by atoms with Gasteiger partial charge < -0.3 is 15.4 Å². The number of nitrogens with one attached hydrogen (secondary N) is 2. The molecule has 1 aromatic heterocycles. The highest BCUT2D eigenvalue weighted by atomic mass is 19.1. The summed E-state index contributed by atoms with van der Waals surface area (Å²) in [5.41, 5.74) is 1.64. The number of carbonyl (C=O) groups is 2. The largest absolute Gasteiger partial charge is 0.381 e. The van der Waals surface area contributed by atoms with Crippen LogP contribution in [0.15, 0.2) is 54.6 Å². The zero-order valence-electron chi connectivity index (χ0n) is 16.1. The van der Waals surface area contributed by atoms with Gasteiger partial charge in [0.2, 0.25) is 0 Å². The highest BCUT2D eigenvalue weighted by Crippen LogP contribution is 2.17. The molecule has 8 heteroatoms. The van der Waals surface area contributed by atoms with Gasteiger partial charge in [0, 0.05) is 18.0 Å². The summed E-state index contributed by atoms with van der Waals surface area (Å²) in [6.07, 6.45) is -1.29. The number of aromatic amines is 1. The minimum Gasteiger partial charge on any atom is -0.381 e. The molecule has 0 saturated carbocycles. The van der Waals surface area contributed by atoms with E-state index in [9.17, 15) is 19.1 Å². The highest BCUT2D eigenvalue weighted by molar-refractivity contribution is 5.98. The Labute approximate surface area is 167 Å². The van der Waals surface area contributed by atoms with Crippen LogP contribution >= 0.6 is 0 Å². The molecule has 29 heavy (non-hydrogen) atoms. The number of nitrogens with zero attached hydrogens (tertiary/aromatic N) is 1. The predicted molar refractivity (Wildman–Crippen MR) is 105 cm³/mol. The van der Waals surface area contributed by atoms with E-state index in [-0.39, 0.29) is 12.1 Å². The molecule has 0 saturated heterocycles. The van der Waals surface area contributed by atoms with Gasteiger partial charge in [0.25, 0.3) is 11.8 Å². The number of rotatable bonds is 7. The van der Waals surface area contributed by atoms with Gasteiger partial charge >= 0.3 is 0 Å². The van der Waals surface area contributed by atoms with Crippen molar-refractivity contribution < 1.29 is 23.9 Å². The van der Waals surface area contributed by atoms with Crippen LogP contribution < -0.4 is 5.32 Å². The third-order valence-electron chi connectivity index (χ3n) is 4.66. The van der Waals surface area contributed by atoms with E-state index >= 15 is 0 Å². The number of aliphatic hydroxyl groups excluding tert-OH is 1. The van der Waals surface area contributed by atoms with Crippen LogP contribution in [0, 0.1) is 5.82 Å². The fourth-order valence-electron chi connectivity index (χ4n) is 3.03. The first kappa shape index (κ1) is 20.5. The third-order valence-corrected chi connectivity index (χ3v) is 4.66. The average Bonchev–Trinajstić information content (AvgIpc) is 3.15. The molecule has 7 nitrogen and oxygen atoms in total. The highest BCUT2D eigenvalue weighted by Gasteiger charge is 2.31. The first-order valence-corrected chi connectivity index (χ1v) is 9.02. The van der Waals surface area contributed by atoms with E-state index in [4.69, 9.17) is 4.84 Å². The molecular formula is C21H22FN3O4. The fraction of sp³-hybridized carbons (Fsp3) is 0.238. The number of aliphatic hydroxyl groups is 1. The van der Waals surface area contributed by atoms with Crippen LogP contribution in [0.5, 0.6) is 0 Å². The number of H-pyrrole nitrogens is 1. The van der Waals surface area contributed by atoms with Crippen LogP contribution in [-0.4, -0.2) is 53.3 Å². The van der Waals surface area contributed by atoms with Gasteiger partial charge in [-0.2, -0.15) is 0 Å². The quantitative estimate of drug-likeness (QED) is 0.530. The van der Waals surface area contributed by atoms with Gasteiger partial charge in [-0.25, -0.2) is 9.45 Å². The van der Waals surface area contributed by atoms with Crippen molar-refractivity contribution in [2.75, 3.05) is 14.2 Å². The molecule has 152 valence electrons. The summed E-state index contributed by atoms with van der Waals surface area (Å²) in [6.45, 7) is 0. The van der Waals surface area contributed by atoms with E-state index in [1.54, 1.807) is 0 Å². The number of carbonyl (C=O) groups excluding carboxylic acids is 2. The van der Waals surface area contributed by atoms with Crippen LogP contribution in [-0.2, 0) is 16.1 Å². The molecule has 3 aromatic rings. The molecule has 0 aliphatic rings. The molecule has 0 bridgehead atoms. The number of fused-ring (bicyclic) bond motifs is 1. The molecule has 0 spiro atoms. The van der Waals surface area contributed by atoms with Gasteiger partial charge in [0.1, 0.15) is 11.5 Å². The summed E-state index contributed by atoms with van der Waals surface area (Å²) >= 11 is 0. The number of halogens is 1. The summed E-state index contributed by atoms with van der Waals surface area (Å²) < 4.78 is 13.4. The molecule has 2 atom stereocenters. The minimum atomic E-state index is -1.52. The van der Waals surface area contributed by atoms with Crippen LogP contribution in [0.4, 0.5) is 4.39 Å². The SMILES string of the molecule is CON(C)C(=O)[C@H](O)[C@H](Cc1ccccc1)NC(=O)c1cc2cc(F)ccc2[nH]1. The zero-order valence-corrected chi connectivity index (χ0v) is 16.1. The molecular weight excluding hydrogens is 377 g/mol. The Morgan fingerprint density at radius 1 is 1.21 bits per heavy atom. The second kappa shape index (κ2) is 8.85. The maximum absolute atomic E-state index is 13.4. The van der Waals surface area contributed by atoms with Crippen LogP contribution in [0.1, 0.15) is 16.1 Å². The number of benzene rings is 2. The van der Waals surface area contributed by atoms with Crippen molar-refractivity contribution in [1.82, 2.24) is 15.4 Å². The Kier molecular flexibility index (Phi) is 6.26. The molecule has 2 amide bonds. The van der Waals surface area contributed by atoms with Gasteiger partial charge in [-0.1, -0.05) is 30.3 Å². The first-order chi connectivity index (χ1) is 13.9. The van der Waals surface area contributed by atoms with E-state index in [0.717, 1.165) is 10.6 Å². The molecule has 3 N–H and O–H groups in total. The second-order valence-corrected chi connectivity index (χ2v) is 6.65. The Hall–Kier alpha value is -3.23. The first-order valence-electron chi connectivity index (χ1n) is 9.02. The number of hydrogen-bond donors (Lipinski definition) is 3. The van der Waals surface area contributed by atoms with Crippen LogP contribution in [0.3, 0.4) is 0 Å². The number of hydrogen-bond acceptors (Lipinski definition) is 4. The van der Waals surface area contributed by atoms with E-state index in [2.05, 4.69) is 10.3 Å². The third kappa shape index (κ3) is 4.79. The van der Waals surface area contributed by atoms with Crippen molar-refractivity contribution >= 4 is 22.7 Å². The molecule has 0 aliphatic carbocycles. The summed E-state index contributed by atoms with van der Waals surface area (Å²) in [5.74, 6) is -1.61. The lowest BCUT2D eigenvalue weighted by Crippen LogP contribution is -2.51. The van der Waals surface area contributed by atoms with Crippen molar-refractivity contribution in [3.63, 3.8) is 0 Å². The number of amides is 2. The maximum Gasteiger partial charge on any atom is 0.276 e. The number of likely N-dealkylation sites (N-methyl/N-ethyl adjacent to an activating group) is 1. The summed E-state index contributed by atoms with van der Waals surface area (Å²) in [6, 6.07) is 13.9. The van der Waals surface area contributed by atoms with Crippen molar-refractivity contribution in [3.8, 4) is 0 Å². The number of aromatic nitrogens is 1. The number of hydroxylamine groups is 2. The second-order valence-electron chi connectivity index (χ2n) is 6.65. The zero-order chi connectivity index (χ0) is 21.0. The lowest BCUT2D eigenvalue weighted by molar-refractivity contribution is -0.179. The molecule has 3 rings (SSSR count). The Bertz CT molecular complexity index is 1010. The van der Waals surface area contributed by atoms with Crippen molar-refractivity contribution in [2.45, 2.75) is 18.6 Å². The van der Waals surface area contributed by atoms with Crippen molar-refractivity contribution in [1.29, 1.82) is 0 Å². The van der Waals surface area contributed by atoms with Crippen molar-refractivity contribution in [3.05, 3.63) is 71.7 Å². The summed E-state index contributed by atoms with van der Waals surface area (Å²) in [4.78, 5) is 32.9. The van der Waals surface area contributed by atoms with Gasteiger partial charge in [-0.3, -0.25) is 14.4 Å². The molecule has 0 unspecified atom stereocenters. The molecule has 0 aliphatic heterocycles. The normalized spacial score (nSPS) is 13.1. The Morgan fingerprint density at radius 3 is 2.62 bits per heavy atom. The maximum atomic E-state index is 13.4. The predicted octanol–water partition coefficient (Wildman–Crippen LogP) is 2.03. The topological polar surface area (TPSA) is 94.7 Å². The fourth-order valence-corrected chi connectivity index (χ4v) is 3.03. The Morgan fingerprint density at radius 2 is 1.93 bits per heavy atom. The molecule has 0 fully saturated rings. The standard InChI is InChI=1S/C21H22FN3O4/c1-25(29-2)21(28)19(26)17(10-13-6-4-3-5-7-13)24-20(27)18-12-14-11-15(22)8-9-16(14)23-18/h3-9,11-12,17,19,23,26H,10H2,1-2H3,(H,24,27)/t17-,19+/m0/s1. The van der Waals surface area contributed by atoms with E-state index < -0.39 is 29.8 Å². The van der Waals surface area contributed by atoms with Crippen molar-refractivity contribution in [2.24, 2.45) is 0 Å². The van der Waals surface area contributed by atoms with Gasteiger partial charge in [-0.15, -0.1) is 0 Å². The minimum absolute atomic E-state index is 0.198. The summed E-state index contributed by atoms with van der Waals surface area (Å²) in [5, 5.41) is 14.7. The molecule has 2 aromatic carbocycles. The lowest BCUT2D eigenvalue weighted by Gasteiger charge is -2.26. The van der Waals surface area contributed by atoms with Gasteiger partial charge in [0.15, 0.2) is 6.10 Å². The lowest BCUT2D eigenvalue weighted by atomic mass is 10.0. The van der Waals surface area contributed by atoms with E-state index in [1.165, 1.54) is 38.4 Å². The van der Waals surface area contributed by atoms with E-state index in [0.29, 0.717) is 10.9 Å². The average molecular weight is 399 g/mol. The molecule has 1 heterocycles. The van der Waals surface area contributed by atoms with E-state index in [1.807, 2.05) is 30.3 Å². The summed E-state index contributed by atoms with van der Waals surface area (Å²) in [7, 11) is 2.68. The van der Waals surface area contributed by atoms with Crippen LogP contribution in [0.25, 0.3) is 10.9 Å². The molecule has 0 radical (unpaired) electrons. The smallest absolute Gasteiger partial charge is 0.276 e. The van der Waals surface area contributed by atoms with Gasteiger partial charge in [0.05, 0.1) is 13.2 Å². The van der Waals surface area contributed by atoms with Crippen LogP contribution in [0.2, 0.25) is 0 Å². The monoisotopic (exact) mass is 399 g/mol.